The van der Waals surface area contributed by atoms with Crippen LogP contribution in [0.15, 0.2) is 36.4 Å². The second-order valence-corrected chi connectivity index (χ2v) is 22.9. The van der Waals surface area contributed by atoms with Crippen LogP contribution in [0.4, 0.5) is 4.79 Å². The number of hydrogen-bond acceptors (Lipinski definition) is 14. The van der Waals surface area contributed by atoms with Gasteiger partial charge < -0.3 is 65.9 Å². The molecular weight excluding hydrogens is 1030 g/mol. The van der Waals surface area contributed by atoms with Crippen LogP contribution in [-0.4, -0.2) is 174 Å². The number of imide groups is 1. The van der Waals surface area contributed by atoms with Gasteiger partial charge in [0.05, 0.1) is 49.6 Å². The van der Waals surface area contributed by atoms with E-state index in [2.05, 4.69) is 26.6 Å². The summed E-state index contributed by atoms with van der Waals surface area (Å²) in [6.45, 7) is 4.17. The standard InChI is InChI=1S/C59H86N8O13/c1-35(60-3)53(70)63-51(37-15-7-5-8-16-37)57(74)65-33-39(68)31-47(65)55(72)62-45-23-11-21-43-41(45)19-13-25-49(43)79-29-27-78-28-30-80-50-26-14-20-42-44(50)22-12-24-46(42)67(59(76)77)56(73)48-32-40(69)34-66(48)58(75)52(38-17-9-6-10-18-38)64-54(71)36(2)61-4/h13-14,19-20,25-26,35-40,45-48,51-52,60-61,68-69H,5-12,15-18,21-24,27-34H2,1-4H3,(H,62,72)(H,63,70)(H,64,71)(H,76,77)/t35-,36-,39-,40-,45+,46+,47-,48-,51-,52-/m0/s1. The van der Waals surface area contributed by atoms with Gasteiger partial charge in [-0.1, -0.05) is 62.8 Å². The van der Waals surface area contributed by atoms with Crippen LogP contribution in [0.5, 0.6) is 11.5 Å². The number of aliphatic hydroxyl groups is 2. The summed E-state index contributed by atoms with van der Waals surface area (Å²) < 4.78 is 18.4. The Hall–Kier alpha value is -5.87. The summed E-state index contributed by atoms with van der Waals surface area (Å²) >= 11 is 0. The van der Waals surface area contributed by atoms with Gasteiger partial charge in [-0.3, -0.25) is 28.8 Å². The van der Waals surface area contributed by atoms with Gasteiger partial charge in [0.25, 0.3) is 5.91 Å². The molecule has 2 aromatic carbocycles. The third kappa shape index (κ3) is 14.2. The first-order chi connectivity index (χ1) is 38.6. The van der Waals surface area contributed by atoms with Crippen molar-refractivity contribution in [2.75, 3.05) is 53.6 Å². The second kappa shape index (κ2) is 28.2. The summed E-state index contributed by atoms with van der Waals surface area (Å²) in [4.78, 5) is 100. The van der Waals surface area contributed by atoms with E-state index in [0.29, 0.717) is 42.7 Å². The third-order valence-electron chi connectivity index (χ3n) is 17.7. The molecule has 8 N–H and O–H groups in total. The van der Waals surface area contributed by atoms with Gasteiger partial charge in [-0.15, -0.1) is 0 Å². The lowest BCUT2D eigenvalue weighted by atomic mass is 9.83. The Bertz CT molecular complexity index is 2500. The van der Waals surface area contributed by atoms with Crippen molar-refractivity contribution in [3.63, 3.8) is 0 Å². The highest BCUT2D eigenvalue weighted by Crippen LogP contribution is 2.41. The van der Waals surface area contributed by atoms with Gasteiger partial charge in [-0.25, -0.2) is 9.69 Å². The molecule has 8 rings (SSSR count). The monoisotopic (exact) mass is 1110 g/mol. The zero-order chi connectivity index (χ0) is 57.0. The number of carboxylic acid groups (broad SMARTS) is 1. The van der Waals surface area contributed by atoms with Crippen LogP contribution in [-0.2, 0) is 46.3 Å². The van der Waals surface area contributed by atoms with Crippen molar-refractivity contribution in [1.29, 1.82) is 0 Å². The van der Waals surface area contributed by atoms with Crippen LogP contribution in [0.1, 0.15) is 151 Å². The number of likely N-dealkylation sites (N-methyl/N-ethyl adjacent to an activating group) is 2. The van der Waals surface area contributed by atoms with Gasteiger partial charge in [-0.05, 0) is 138 Å². The maximum atomic E-state index is 14.6. The normalized spacial score (nSPS) is 24.8. The first-order valence-electron chi connectivity index (χ1n) is 29.5. The molecule has 0 unspecified atom stereocenters. The van der Waals surface area contributed by atoms with E-state index in [0.717, 1.165) is 98.6 Å². The number of carbonyl (C=O) groups excluding carboxylic acids is 6. The van der Waals surface area contributed by atoms with E-state index >= 15 is 0 Å². The Morgan fingerprint density at radius 3 is 1.60 bits per heavy atom. The molecule has 2 aromatic rings. The molecule has 0 spiro atoms. The van der Waals surface area contributed by atoms with Crippen molar-refractivity contribution in [2.24, 2.45) is 11.8 Å². The fourth-order valence-corrected chi connectivity index (χ4v) is 13.1. The zero-order valence-corrected chi connectivity index (χ0v) is 47.1. The highest BCUT2D eigenvalue weighted by atomic mass is 16.5. The Morgan fingerprint density at radius 2 is 1.09 bits per heavy atom. The van der Waals surface area contributed by atoms with Gasteiger partial charge >= 0.3 is 6.09 Å². The minimum atomic E-state index is -1.46. The molecule has 0 aromatic heterocycles. The van der Waals surface area contributed by atoms with Crippen LogP contribution in [0.25, 0.3) is 0 Å². The van der Waals surface area contributed by atoms with E-state index in [1.807, 2.05) is 24.3 Å². The second-order valence-electron chi connectivity index (χ2n) is 22.9. The molecule has 0 radical (unpaired) electrons. The topological polar surface area (TPSA) is 278 Å². The Kier molecular flexibility index (Phi) is 21.2. The highest BCUT2D eigenvalue weighted by molar-refractivity contribution is 5.99. The number of β-amino-alcohol motifs (C(OH)–C–C–N with tert-alkyl or cyclic N) is 2. The van der Waals surface area contributed by atoms with Gasteiger partial charge in [0.1, 0.15) is 48.9 Å². The number of ether oxygens (including phenoxy) is 3. The van der Waals surface area contributed by atoms with Crippen LogP contribution >= 0.6 is 0 Å². The molecule has 21 heteroatoms. The smallest absolute Gasteiger partial charge is 0.414 e. The molecular formula is C59H86N8O13. The maximum Gasteiger partial charge on any atom is 0.414 e. The van der Waals surface area contributed by atoms with Crippen molar-refractivity contribution in [1.82, 2.24) is 41.3 Å². The van der Waals surface area contributed by atoms with Crippen molar-refractivity contribution in [2.45, 2.75) is 190 Å². The number of aliphatic hydroxyl groups excluding tert-OH is 2. The van der Waals surface area contributed by atoms with Crippen LogP contribution in [0.2, 0.25) is 0 Å². The summed E-state index contributed by atoms with van der Waals surface area (Å²) in [7, 11) is 3.34. The van der Waals surface area contributed by atoms with Crippen LogP contribution in [0, 0.1) is 11.8 Å². The van der Waals surface area contributed by atoms with Gasteiger partial charge in [0.2, 0.25) is 29.5 Å². The first-order valence-corrected chi connectivity index (χ1v) is 29.5. The Morgan fingerprint density at radius 1 is 0.613 bits per heavy atom. The predicted molar refractivity (Wildman–Crippen MR) is 295 cm³/mol. The van der Waals surface area contributed by atoms with E-state index in [1.54, 1.807) is 40.1 Å². The molecule has 4 aliphatic carbocycles. The fraction of sp³-hybridized carbons (Fsp3) is 0.678. The number of fused-ring (bicyclic) bond motifs is 2. The van der Waals surface area contributed by atoms with Gasteiger partial charge in [0, 0.05) is 25.9 Å². The minimum absolute atomic E-state index is 0.0130. The molecule has 440 valence electrons. The molecule has 21 nitrogen and oxygen atoms in total. The lowest BCUT2D eigenvalue weighted by molar-refractivity contribution is -0.147. The Balaban J connectivity index is 0.845. The van der Waals surface area contributed by atoms with Gasteiger partial charge in [0.15, 0.2) is 0 Å². The lowest BCUT2D eigenvalue weighted by Gasteiger charge is -2.38. The number of hydrogen-bond donors (Lipinski definition) is 8. The van der Waals surface area contributed by atoms with E-state index in [4.69, 9.17) is 14.2 Å². The van der Waals surface area contributed by atoms with E-state index < -0.39 is 72.4 Å². The quantitative estimate of drug-likeness (QED) is 0.0779. The molecule has 2 heterocycles. The molecule has 4 fully saturated rings. The van der Waals surface area contributed by atoms with Crippen LogP contribution < -0.4 is 36.1 Å². The minimum Gasteiger partial charge on any atom is -0.491 e. The molecule has 7 amide bonds. The SMILES string of the molecule is CN[C@@H](C)C(=O)N[C@H](C(=O)N1C[C@@H](O)C[C@H]1C(=O)N[C@@H]1CCCc2c(OCCOCCOc3cccc4c3CCC[C@H]4N(C(=O)O)C(=O)[C@@H]3C[C@H](O)CN3C(=O)[C@@H](NC(=O)[C@H](C)NC)C3CCCCC3)cccc21)C1CCCCC1. The summed E-state index contributed by atoms with van der Waals surface area (Å²) in [6, 6.07) is 5.01. The largest absolute Gasteiger partial charge is 0.491 e. The molecule has 6 aliphatic rings. The maximum absolute atomic E-state index is 14.6. The summed E-state index contributed by atoms with van der Waals surface area (Å²) in [5.41, 5.74) is 3.32. The molecule has 10 atom stereocenters. The van der Waals surface area contributed by atoms with E-state index in [9.17, 15) is 48.9 Å². The Labute approximate surface area is 469 Å². The molecule has 2 saturated carbocycles. The molecule has 2 saturated heterocycles. The van der Waals surface area contributed by atoms with Crippen LogP contribution in [0.3, 0.4) is 0 Å². The third-order valence-corrected chi connectivity index (χ3v) is 17.7. The molecule has 2 aliphatic heterocycles. The average molecular weight is 1120 g/mol. The number of nitrogens with one attached hydrogen (secondary N) is 5. The average Bonchev–Trinajstić information content (AvgIpc) is 4.11. The predicted octanol–water partition coefficient (Wildman–Crippen LogP) is 3.81. The number of likely N-dealkylation sites (tertiary alicyclic amines) is 2. The number of carbonyl (C=O) groups is 7. The van der Waals surface area contributed by atoms with Crippen molar-refractivity contribution in [3.8, 4) is 11.5 Å². The van der Waals surface area contributed by atoms with Crippen molar-refractivity contribution in [3.05, 3.63) is 58.7 Å². The number of amides is 7. The number of rotatable bonds is 22. The first kappa shape index (κ1) is 60.2. The summed E-state index contributed by atoms with van der Waals surface area (Å²) in [5.74, 6) is -1.59. The lowest BCUT2D eigenvalue weighted by Crippen LogP contribution is -2.59. The number of nitrogens with zero attached hydrogens (tertiary/aromatic N) is 3. The fourth-order valence-electron chi connectivity index (χ4n) is 13.1. The molecule has 0 bridgehead atoms. The zero-order valence-electron chi connectivity index (χ0n) is 47.1. The van der Waals surface area contributed by atoms with Gasteiger partial charge in [-0.2, -0.15) is 0 Å². The highest BCUT2D eigenvalue weighted by Gasteiger charge is 2.49. The summed E-state index contributed by atoms with van der Waals surface area (Å²) in [5, 5.41) is 47.4. The number of benzene rings is 2. The van der Waals surface area contributed by atoms with Crippen molar-refractivity contribution >= 4 is 41.5 Å². The van der Waals surface area contributed by atoms with E-state index in [1.165, 1.54) is 9.80 Å². The molecule has 80 heavy (non-hydrogen) atoms. The summed E-state index contributed by atoms with van der Waals surface area (Å²) in [6.07, 6.45) is 9.17. The van der Waals surface area contributed by atoms with Crippen molar-refractivity contribution < 1.29 is 63.1 Å². The van der Waals surface area contributed by atoms with E-state index in [-0.39, 0.29) is 93.9 Å².